The summed E-state index contributed by atoms with van der Waals surface area (Å²) in [5, 5.41) is 4.12. The van der Waals surface area contributed by atoms with E-state index in [9.17, 15) is 4.79 Å². The first-order chi connectivity index (χ1) is 9.51. The van der Waals surface area contributed by atoms with Gasteiger partial charge in [0, 0.05) is 25.5 Å². The zero-order valence-corrected chi connectivity index (χ0v) is 12.0. The molecule has 0 saturated heterocycles. The number of aryl methyl sites for hydroxylation is 2. The summed E-state index contributed by atoms with van der Waals surface area (Å²) in [6.45, 7) is 4.88. The summed E-state index contributed by atoms with van der Waals surface area (Å²) >= 11 is 0. The molecule has 0 bridgehead atoms. The van der Waals surface area contributed by atoms with Crippen molar-refractivity contribution in [2.45, 2.75) is 20.4 Å². The molecule has 0 aliphatic heterocycles. The molecule has 20 heavy (non-hydrogen) atoms. The Morgan fingerprint density at radius 2 is 2.20 bits per heavy atom. The number of carbonyl (C=O) groups is 1. The summed E-state index contributed by atoms with van der Waals surface area (Å²) in [7, 11) is 1.74. The van der Waals surface area contributed by atoms with Gasteiger partial charge in [0.25, 0.3) is 5.91 Å². The number of anilines is 1. The molecule has 0 fully saturated rings. The Bertz CT molecular complexity index is 620. The third-order valence-corrected chi connectivity index (χ3v) is 3.03. The van der Waals surface area contributed by atoms with Gasteiger partial charge >= 0.3 is 0 Å². The fourth-order valence-electron chi connectivity index (χ4n) is 2.03. The van der Waals surface area contributed by atoms with Crippen LogP contribution in [0.1, 0.15) is 28.8 Å². The summed E-state index contributed by atoms with van der Waals surface area (Å²) in [5.74, 6) is -0.172. The van der Waals surface area contributed by atoms with Gasteiger partial charge in [0.1, 0.15) is 0 Å². The molecule has 0 atom stereocenters. The van der Waals surface area contributed by atoms with Gasteiger partial charge in [0.2, 0.25) is 0 Å². The molecule has 0 radical (unpaired) electrons. The van der Waals surface area contributed by atoms with E-state index in [0.29, 0.717) is 24.5 Å². The van der Waals surface area contributed by atoms with E-state index < -0.39 is 0 Å². The van der Waals surface area contributed by atoms with Crippen LogP contribution in [0.25, 0.3) is 0 Å². The van der Waals surface area contributed by atoms with Crippen LogP contribution in [-0.4, -0.2) is 32.1 Å². The van der Waals surface area contributed by atoms with Crippen LogP contribution in [0.4, 0.5) is 5.69 Å². The van der Waals surface area contributed by atoms with Crippen molar-refractivity contribution in [1.29, 1.82) is 0 Å². The molecular formula is C14H19N5O. The number of pyridine rings is 1. The second kappa shape index (κ2) is 5.73. The Labute approximate surface area is 118 Å². The molecule has 6 nitrogen and oxygen atoms in total. The smallest absolute Gasteiger partial charge is 0.276 e. The lowest BCUT2D eigenvalue weighted by molar-refractivity contribution is 0.0745. The molecule has 1 amide bonds. The van der Waals surface area contributed by atoms with Crippen LogP contribution in [0.15, 0.2) is 24.4 Å². The molecule has 106 valence electrons. The first kappa shape index (κ1) is 14.0. The predicted molar refractivity (Wildman–Crippen MR) is 77.0 cm³/mol. The minimum Gasteiger partial charge on any atom is -0.396 e. The van der Waals surface area contributed by atoms with E-state index >= 15 is 0 Å². The predicted octanol–water partition coefficient (Wildman–Crippen LogP) is 1.37. The monoisotopic (exact) mass is 273 g/mol. The van der Waals surface area contributed by atoms with Gasteiger partial charge in [0.15, 0.2) is 5.69 Å². The molecular weight excluding hydrogens is 254 g/mol. The van der Waals surface area contributed by atoms with Crippen LogP contribution in [0.3, 0.4) is 0 Å². The Morgan fingerprint density at radius 1 is 1.45 bits per heavy atom. The highest BCUT2D eigenvalue weighted by molar-refractivity contribution is 5.96. The molecule has 0 aliphatic carbocycles. The molecule has 0 unspecified atom stereocenters. The van der Waals surface area contributed by atoms with E-state index in [4.69, 9.17) is 5.73 Å². The number of nitrogens with zero attached hydrogens (tertiary/aromatic N) is 4. The quantitative estimate of drug-likeness (QED) is 0.912. The number of aromatic nitrogens is 3. The third kappa shape index (κ3) is 2.96. The molecule has 2 aromatic rings. The lowest BCUT2D eigenvalue weighted by Crippen LogP contribution is -2.31. The summed E-state index contributed by atoms with van der Waals surface area (Å²) < 4.78 is 1.54. The Balaban J connectivity index is 2.20. The molecule has 0 saturated carbocycles. The van der Waals surface area contributed by atoms with Gasteiger partial charge in [-0.3, -0.25) is 14.5 Å². The van der Waals surface area contributed by atoms with Gasteiger partial charge in [0.05, 0.1) is 17.9 Å². The highest BCUT2D eigenvalue weighted by Crippen LogP contribution is 2.13. The van der Waals surface area contributed by atoms with Crippen molar-refractivity contribution in [3.63, 3.8) is 0 Å². The van der Waals surface area contributed by atoms with Gasteiger partial charge in [-0.2, -0.15) is 5.10 Å². The molecule has 0 aromatic carbocycles. The van der Waals surface area contributed by atoms with E-state index in [1.807, 2.05) is 32.0 Å². The summed E-state index contributed by atoms with van der Waals surface area (Å²) in [6.07, 6.45) is 1.63. The van der Waals surface area contributed by atoms with Crippen LogP contribution >= 0.6 is 0 Å². The van der Waals surface area contributed by atoms with E-state index in [2.05, 4.69) is 10.1 Å². The van der Waals surface area contributed by atoms with Gasteiger partial charge in [-0.05, 0) is 26.0 Å². The maximum absolute atomic E-state index is 12.4. The number of hydrogen-bond acceptors (Lipinski definition) is 4. The SMILES string of the molecule is CCN(Cc1cccc(C)n1)C(=O)c1nn(C)cc1N. The fraction of sp³-hybridized carbons (Fsp3) is 0.357. The first-order valence-electron chi connectivity index (χ1n) is 6.52. The minimum absolute atomic E-state index is 0.172. The number of amides is 1. The van der Waals surface area contributed by atoms with Crippen molar-refractivity contribution in [3.8, 4) is 0 Å². The number of rotatable bonds is 4. The topological polar surface area (TPSA) is 77.0 Å². The highest BCUT2D eigenvalue weighted by Gasteiger charge is 2.20. The normalized spacial score (nSPS) is 10.6. The van der Waals surface area contributed by atoms with Gasteiger partial charge in [-0.25, -0.2) is 0 Å². The maximum atomic E-state index is 12.4. The molecule has 2 rings (SSSR count). The van der Waals surface area contributed by atoms with Crippen molar-refractivity contribution < 1.29 is 4.79 Å². The van der Waals surface area contributed by atoms with Crippen molar-refractivity contribution in [1.82, 2.24) is 19.7 Å². The second-order valence-electron chi connectivity index (χ2n) is 4.70. The average molecular weight is 273 g/mol. The van der Waals surface area contributed by atoms with Crippen molar-refractivity contribution in [2.75, 3.05) is 12.3 Å². The van der Waals surface area contributed by atoms with Crippen LogP contribution in [0.2, 0.25) is 0 Å². The highest BCUT2D eigenvalue weighted by atomic mass is 16.2. The molecule has 0 spiro atoms. The van der Waals surface area contributed by atoms with E-state index in [1.54, 1.807) is 22.8 Å². The number of carbonyl (C=O) groups excluding carboxylic acids is 1. The standard InChI is InChI=1S/C14H19N5O/c1-4-19(8-11-7-5-6-10(2)16-11)14(20)13-12(15)9-18(3)17-13/h5-7,9H,4,8,15H2,1-3H3. The van der Waals surface area contributed by atoms with Crippen LogP contribution in [-0.2, 0) is 13.6 Å². The number of nitrogen functional groups attached to an aromatic ring is 1. The molecule has 2 aromatic heterocycles. The second-order valence-corrected chi connectivity index (χ2v) is 4.70. The van der Waals surface area contributed by atoms with Crippen molar-refractivity contribution in [2.24, 2.45) is 7.05 Å². The molecule has 2 heterocycles. The Kier molecular flexibility index (Phi) is 4.02. The Morgan fingerprint density at radius 3 is 2.75 bits per heavy atom. The number of nitrogens with two attached hydrogens (primary N) is 1. The lowest BCUT2D eigenvalue weighted by Gasteiger charge is -2.19. The van der Waals surface area contributed by atoms with Crippen molar-refractivity contribution >= 4 is 11.6 Å². The van der Waals surface area contributed by atoms with Gasteiger partial charge < -0.3 is 10.6 Å². The maximum Gasteiger partial charge on any atom is 0.276 e. The number of hydrogen-bond donors (Lipinski definition) is 1. The van der Waals surface area contributed by atoms with Crippen molar-refractivity contribution in [3.05, 3.63) is 41.5 Å². The third-order valence-electron chi connectivity index (χ3n) is 3.03. The summed E-state index contributed by atoms with van der Waals surface area (Å²) in [4.78, 5) is 18.5. The fourth-order valence-corrected chi connectivity index (χ4v) is 2.03. The summed E-state index contributed by atoms with van der Waals surface area (Å²) in [5.41, 5.74) is 8.29. The van der Waals surface area contributed by atoms with Gasteiger partial charge in [-0.1, -0.05) is 6.07 Å². The van der Waals surface area contributed by atoms with E-state index in [0.717, 1.165) is 11.4 Å². The zero-order chi connectivity index (χ0) is 14.7. The Hall–Kier alpha value is -2.37. The molecule has 2 N–H and O–H groups in total. The minimum atomic E-state index is -0.172. The first-order valence-corrected chi connectivity index (χ1v) is 6.52. The van der Waals surface area contributed by atoms with Crippen LogP contribution in [0, 0.1) is 6.92 Å². The zero-order valence-electron chi connectivity index (χ0n) is 12.0. The van der Waals surface area contributed by atoms with E-state index in [-0.39, 0.29) is 5.91 Å². The van der Waals surface area contributed by atoms with Crippen LogP contribution in [0.5, 0.6) is 0 Å². The summed E-state index contributed by atoms with van der Waals surface area (Å²) in [6, 6.07) is 5.77. The largest absolute Gasteiger partial charge is 0.396 e. The van der Waals surface area contributed by atoms with Gasteiger partial charge in [-0.15, -0.1) is 0 Å². The lowest BCUT2D eigenvalue weighted by atomic mass is 10.2. The van der Waals surface area contributed by atoms with Crippen LogP contribution < -0.4 is 5.73 Å². The molecule has 6 heteroatoms. The molecule has 0 aliphatic rings. The average Bonchev–Trinajstić information content (AvgIpc) is 2.74. The van der Waals surface area contributed by atoms with E-state index in [1.165, 1.54) is 0 Å².